The van der Waals surface area contributed by atoms with Gasteiger partial charge in [0.05, 0.1) is 23.1 Å². The van der Waals surface area contributed by atoms with Gasteiger partial charge < -0.3 is 15.1 Å². The molecule has 4 rings (SSSR count). The van der Waals surface area contributed by atoms with Crippen LogP contribution in [0.4, 0.5) is 18.9 Å². The second-order valence-electron chi connectivity index (χ2n) is 9.01. The molecule has 186 valence electrons. The lowest BCUT2D eigenvalue weighted by Gasteiger charge is -2.36. The van der Waals surface area contributed by atoms with Gasteiger partial charge in [0.15, 0.2) is 0 Å². The van der Waals surface area contributed by atoms with Gasteiger partial charge in [0.2, 0.25) is 5.91 Å². The van der Waals surface area contributed by atoms with Gasteiger partial charge in [-0.2, -0.15) is 23.5 Å². The van der Waals surface area contributed by atoms with E-state index in [9.17, 15) is 22.8 Å². The third-order valence-electron chi connectivity index (χ3n) is 7.01. The van der Waals surface area contributed by atoms with Crippen LogP contribution in [0.5, 0.6) is 0 Å². The monoisotopic (exact) mass is 488 g/mol. The minimum absolute atomic E-state index is 0.0593. The Morgan fingerprint density at radius 3 is 2.57 bits per heavy atom. The molecule has 0 saturated carbocycles. The number of halogens is 3. The van der Waals surface area contributed by atoms with E-state index in [0.717, 1.165) is 6.07 Å². The summed E-state index contributed by atoms with van der Waals surface area (Å²) in [5, 5.41) is 18.5. The fourth-order valence-electron chi connectivity index (χ4n) is 5.24. The average molecular weight is 489 g/mol. The van der Waals surface area contributed by atoms with Crippen LogP contribution in [0.25, 0.3) is 0 Å². The van der Waals surface area contributed by atoms with Crippen molar-refractivity contribution < 1.29 is 22.8 Å². The minimum atomic E-state index is -4.65. The number of alkyl halides is 3. The topological polar surface area (TPSA) is 105 Å². The Bertz CT molecular complexity index is 1100. The van der Waals surface area contributed by atoms with Gasteiger partial charge in [-0.3, -0.25) is 14.7 Å². The summed E-state index contributed by atoms with van der Waals surface area (Å²) in [7, 11) is 0. The number of amides is 2. The van der Waals surface area contributed by atoms with Crippen molar-refractivity contribution in [2.75, 3.05) is 37.6 Å². The van der Waals surface area contributed by atoms with Gasteiger partial charge in [0, 0.05) is 44.6 Å². The molecule has 0 spiro atoms. The number of hydrogen-bond acceptors (Lipinski definition) is 5. The van der Waals surface area contributed by atoms with Crippen LogP contribution in [0.1, 0.15) is 41.4 Å². The first-order chi connectivity index (χ1) is 16.7. The average Bonchev–Trinajstić information content (AvgIpc) is 3.54. The second kappa shape index (κ2) is 9.98. The number of aromatic nitrogens is 2. The van der Waals surface area contributed by atoms with Gasteiger partial charge in [-0.15, -0.1) is 0 Å². The second-order valence-corrected chi connectivity index (χ2v) is 9.01. The third kappa shape index (κ3) is 5.11. The van der Waals surface area contributed by atoms with Crippen molar-refractivity contribution in [2.24, 2.45) is 17.8 Å². The number of H-pyrrole nitrogens is 1. The van der Waals surface area contributed by atoms with Crippen molar-refractivity contribution >= 4 is 17.5 Å². The van der Waals surface area contributed by atoms with E-state index in [4.69, 9.17) is 5.26 Å². The number of nitriles is 1. The van der Waals surface area contributed by atoms with Crippen molar-refractivity contribution in [3.8, 4) is 6.07 Å². The van der Waals surface area contributed by atoms with Crippen LogP contribution in [0.2, 0.25) is 0 Å². The quantitative estimate of drug-likeness (QED) is 0.673. The molecule has 0 aliphatic carbocycles. The highest BCUT2D eigenvalue weighted by molar-refractivity contribution is 5.92. The molecule has 2 N–H and O–H groups in total. The maximum atomic E-state index is 13.5. The Labute approximate surface area is 201 Å². The molecule has 2 aromatic rings. The zero-order valence-corrected chi connectivity index (χ0v) is 19.3. The molecular weight excluding hydrogens is 461 g/mol. The highest BCUT2D eigenvalue weighted by Crippen LogP contribution is 2.40. The Morgan fingerprint density at radius 1 is 1.23 bits per heavy atom. The number of aromatic amines is 1. The largest absolute Gasteiger partial charge is 0.417 e. The zero-order valence-electron chi connectivity index (χ0n) is 19.3. The lowest BCUT2D eigenvalue weighted by Crippen LogP contribution is -2.43. The summed E-state index contributed by atoms with van der Waals surface area (Å²) in [5.74, 6) is -0.512. The number of likely N-dealkylation sites (tertiary alicyclic amines) is 1. The van der Waals surface area contributed by atoms with Crippen molar-refractivity contribution in [2.45, 2.75) is 25.9 Å². The van der Waals surface area contributed by atoms with Crippen LogP contribution in [0.15, 0.2) is 30.5 Å². The number of carbonyl (C=O) groups excluding carboxylic acids is 2. The molecule has 2 fully saturated rings. The van der Waals surface area contributed by atoms with Crippen molar-refractivity contribution in [3.05, 3.63) is 47.3 Å². The minimum Gasteiger partial charge on any atom is -0.370 e. The molecule has 0 bridgehead atoms. The van der Waals surface area contributed by atoms with Crippen LogP contribution >= 0.6 is 0 Å². The number of rotatable bonds is 5. The number of nitrogens with zero attached hydrogens (tertiary/aromatic N) is 4. The Balaban J connectivity index is 1.52. The Kier molecular flexibility index (Phi) is 7.00. The predicted molar refractivity (Wildman–Crippen MR) is 121 cm³/mol. The maximum Gasteiger partial charge on any atom is 0.417 e. The molecule has 3 heterocycles. The normalized spacial score (nSPS) is 21.1. The molecule has 2 aliphatic rings. The number of nitrogens with one attached hydrogen (secondary N) is 2. The first kappa shape index (κ1) is 24.6. The summed E-state index contributed by atoms with van der Waals surface area (Å²) < 4.78 is 40.5. The van der Waals surface area contributed by atoms with Crippen LogP contribution in [-0.2, 0) is 11.0 Å². The predicted octanol–water partition coefficient (Wildman–Crippen LogP) is 3.04. The maximum absolute atomic E-state index is 13.5. The van der Waals surface area contributed by atoms with E-state index in [1.54, 1.807) is 17.0 Å². The van der Waals surface area contributed by atoms with Gasteiger partial charge in [0.25, 0.3) is 5.91 Å². The first-order valence-electron chi connectivity index (χ1n) is 11.7. The van der Waals surface area contributed by atoms with Crippen LogP contribution in [-0.4, -0.2) is 59.6 Å². The molecular formula is C24H27F3N6O2. The summed E-state index contributed by atoms with van der Waals surface area (Å²) in [6, 6.07) is 6.93. The molecule has 2 amide bonds. The number of benzene rings is 1. The highest BCUT2D eigenvalue weighted by atomic mass is 19.4. The van der Waals surface area contributed by atoms with Gasteiger partial charge >= 0.3 is 6.18 Å². The van der Waals surface area contributed by atoms with Gasteiger partial charge in [0.1, 0.15) is 5.69 Å². The van der Waals surface area contributed by atoms with E-state index >= 15 is 0 Å². The van der Waals surface area contributed by atoms with Crippen LogP contribution in [0, 0.1) is 29.1 Å². The van der Waals surface area contributed by atoms with E-state index in [-0.39, 0.29) is 29.6 Å². The van der Waals surface area contributed by atoms with Crippen LogP contribution < -0.4 is 10.2 Å². The molecule has 1 aromatic carbocycles. The SMILES string of the molecule is CCNC(=O)C1CN(c2ccc(C#N)c(C(F)(F)F)c2)CC1C1CCN(C(=O)c2ccn[nH]2)CC1. The van der Waals surface area contributed by atoms with Crippen molar-refractivity contribution in [3.63, 3.8) is 0 Å². The van der Waals surface area contributed by atoms with Gasteiger partial charge in [-0.05, 0) is 55.9 Å². The molecule has 2 saturated heterocycles. The molecule has 8 nitrogen and oxygen atoms in total. The molecule has 2 unspecified atom stereocenters. The molecule has 35 heavy (non-hydrogen) atoms. The lowest BCUT2D eigenvalue weighted by molar-refractivity contribution is -0.137. The van der Waals surface area contributed by atoms with Gasteiger partial charge in [-0.25, -0.2) is 0 Å². The first-order valence-corrected chi connectivity index (χ1v) is 11.7. The van der Waals surface area contributed by atoms with E-state index in [1.807, 2.05) is 11.8 Å². The number of hydrogen-bond donors (Lipinski definition) is 2. The lowest BCUT2D eigenvalue weighted by atomic mass is 9.78. The van der Waals surface area contributed by atoms with E-state index in [2.05, 4.69) is 15.5 Å². The van der Waals surface area contributed by atoms with Gasteiger partial charge in [-0.1, -0.05) is 0 Å². The van der Waals surface area contributed by atoms with E-state index in [1.165, 1.54) is 18.3 Å². The fraction of sp³-hybridized carbons (Fsp3) is 0.500. The van der Waals surface area contributed by atoms with E-state index < -0.39 is 17.3 Å². The van der Waals surface area contributed by atoms with E-state index in [0.29, 0.717) is 56.9 Å². The summed E-state index contributed by atoms with van der Waals surface area (Å²) in [4.78, 5) is 29.1. The Morgan fingerprint density at radius 2 is 1.97 bits per heavy atom. The number of anilines is 1. The summed E-state index contributed by atoms with van der Waals surface area (Å²) >= 11 is 0. The number of piperidine rings is 1. The Hall–Kier alpha value is -3.55. The molecule has 0 radical (unpaired) electrons. The fourth-order valence-corrected chi connectivity index (χ4v) is 5.24. The third-order valence-corrected chi connectivity index (χ3v) is 7.01. The summed E-state index contributed by atoms with van der Waals surface area (Å²) in [5.41, 5.74) is -0.621. The highest BCUT2D eigenvalue weighted by Gasteiger charge is 2.43. The summed E-state index contributed by atoms with van der Waals surface area (Å²) in [6.45, 7) is 4.10. The van der Waals surface area contributed by atoms with Crippen molar-refractivity contribution in [1.29, 1.82) is 5.26 Å². The molecule has 1 aromatic heterocycles. The number of carbonyl (C=O) groups is 2. The van der Waals surface area contributed by atoms with Crippen molar-refractivity contribution in [1.82, 2.24) is 20.4 Å². The zero-order chi connectivity index (χ0) is 25.2. The molecule has 2 atom stereocenters. The molecule has 2 aliphatic heterocycles. The standard InChI is InChI=1S/C24H27F3N6O2/c1-2-29-22(34)19-14-33(17-4-3-16(12-28)20(11-17)24(25,26)27)13-18(19)15-6-9-32(10-7-15)23(35)21-5-8-30-31-21/h3-5,8,11,15,18-19H,2,6-7,9-10,13-14H2,1H3,(H,29,34)(H,30,31). The molecule has 11 heteroatoms. The summed E-state index contributed by atoms with van der Waals surface area (Å²) in [6.07, 6.45) is -1.71. The smallest absolute Gasteiger partial charge is 0.370 e. The van der Waals surface area contributed by atoms with Crippen LogP contribution in [0.3, 0.4) is 0 Å².